The second-order valence-corrected chi connectivity index (χ2v) is 0.575. The van der Waals surface area contributed by atoms with Gasteiger partial charge in [0, 0.05) is 6.42 Å². The van der Waals surface area contributed by atoms with Crippen molar-refractivity contribution in [2.75, 3.05) is 7.05 Å². The van der Waals surface area contributed by atoms with Crippen LogP contribution in [-0.4, -0.2) is 13.3 Å². The summed E-state index contributed by atoms with van der Waals surface area (Å²) >= 11 is 0. The van der Waals surface area contributed by atoms with Crippen LogP contribution < -0.4 is 5.73 Å². The summed E-state index contributed by atoms with van der Waals surface area (Å²) in [6.45, 7) is 5.81. The van der Waals surface area contributed by atoms with Crippen LogP contribution in [0.5, 0.6) is 0 Å². The van der Waals surface area contributed by atoms with Crippen molar-refractivity contribution in [3.8, 4) is 0 Å². The lowest BCUT2D eigenvalue weighted by Crippen LogP contribution is -1.69. The minimum Gasteiger partial charge on any atom is -0.333 e. The van der Waals surface area contributed by atoms with Crippen molar-refractivity contribution in [2.45, 2.75) is 27.2 Å². The Morgan fingerprint density at radius 2 is 1.50 bits per heavy atom. The van der Waals surface area contributed by atoms with Gasteiger partial charge in [0.15, 0.2) is 0 Å². The van der Waals surface area contributed by atoms with E-state index < -0.39 is 0 Å². The number of carbonyl (C=O) groups excluding carboxylic acids is 1. The van der Waals surface area contributed by atoms with E-state index in [2.05, 4.69) is 5.73 Å². The number of aldehydes is 1. The fourth-order valence-electron chi connectivity index (χ4n) is 0. The molecule has 0 saturated carbocycles. The molecule has 0 radical (unpaired) electrons. The third-order valence-corrected chi connectivity index (χ3v) is 0.167. The van der Waals surface area contributed by atoms with Crippen LogP contribution in [0.1, 0.15) is 27.2 Å². The number of hydrogen-bond acceptors (Lipinski definition) is 2. The summed E-state index contributed by atoms with van der Waals surface area (Å²) in [6, 6.07) is 0. The Morgan fingerprint density at radius 3 is 1.50 bits per heavy atom. The first-order chi connectivity index (χ1) is 3.91. The van der Waals surface area contributed by atoms with Gasteiger partial charge in [-0.05, 0) is 7.05 Å². The molecule has 0 spiro atoms. The molecule has 0 aliphatic heterocycles. The molecular formula is C6H17NO. The van der Waals surface area contributed by atoms with Crippen molar-refractivity contribution >= 4 is 6.29 Å². The molecule has 2 N–H and O–H groups in total. The zero-order valence-electron chi connectivity index (χ0n) is 6.27. The highest BCUT2D eigenvalue weighted by molar-refractivity contribution is 5.48. The van der Waals surface area contributed by atoms with Gasteiger partial charge in [0.05, 0.1) is 0 Å². The first kappa shape index (κ1) is 15.6. The van der Waals surface area contributed by atoms with Crippen LogP contribution in [0.2, 0.25) is 0 Å². The minimum absolute atomic E-state index is 0.639. The summed E-state index contributed by atoms with van der Waals surface area (Å²) in [5, 5.41) is 0. The van der Waals surface area contributed by atoms with Gasteiger partial charge in [-0.2, -0.15) is 0 Å². The summed E-state index contributed by atoms with van der Waals surface area (Å²) in [4.78, 5) is 9.17. The monoisotopic (exact) mass is 119 g/mol. The molecule has 2 heteroatoms. The molecule has 0 unspecified atom stereocenters. The smallest absolute Gasteiger partial charge is 0.119 e. The Kier molecular flexibility index (Phi) is 155. The zero-order chi connectivity index (χ0) is 7.41. The minimum atomic E-state index is 0.639. The molecule has 0 aliphatic rings. The number of hydrogen-bond donors (Lipinski definition) is 1. The van der Waals surface area contributed by atoms with Gasteiger partial charge in [-0.25, -0.2) is 0 Å². The van der Waals surface area contributed by atoms with E-state index in [4.69, 9.17) is 0 Å². The van der Waals surface area contributed by atoms with Crippen LogP contribution in [0.3, 0.4) is 0 Å². The molecule has 0 atom stereocenters. The quantitative estimate of drug-likeness (QED) is 0.527. The van der Waals surface area contributed by atoms with Gasteiger partial charge in [0.25, 0.3) is 0 Å². The molecule has 8 heavy (non-hydrogen) atoms. The molecule has 0 amide bonds. The van der Waals surface area contributed by atoms with Crippen molar-refractivity contribution < 1.29 is 4.79 Å². The van der Waals surface area contributed by atoms with Gasteiger partial charge in [0.1, 0.15) is 6.29 Å². The maximum Gasteiger partial charge on any atom is 0.119 e. The highest BCUT2D eigenvalue weighted by atomic mass is 16.1. The average molecular weight is 119 g/mol. The zero-order valence-corrected chi connectivity index (χ0v) is 6.27. The van der Waals surface area contributed by atoms with Gasteiger partial charge >= 0.3 is 0 Å². The number of nitrogens with two attached hydrogens (primary N) is 1. The molecule has 0 rings (SSSR count). The second kappa shape index (κ2) is 79.1. The largest absolute Gasteiger partial charge is 0.333 e. The van der Waals surface area contributed by atoms with Gasteiger partial charge in [-0.3, -0.25) is 0 Å². The normalized spacial score (nSPS) is 4.62. The van der Waals surface area contributed by atoms with Crippen molar-refractivity contribution in [1.29, 1.82) is 0 Å². The molecule has 52 valence electrons. The maximum atomic E-state index is 9.17. The van der Waals surface area contributed by atoms with Crippen molar-refractivity contribution in [2.24, 2.45) is 5.73 Å². The van der Waals surface area contributed by atoms with E-state index in [0.717, 1.165) is 6.29 Å². The lowest BCUT2D eigenvalue weighted by Gasteiger charge is -1.51. The van der Waals surface area contributed by atoms with E-state index in [1.54, 1.807) is 0 Å². The van der Waals surface area contributed by atoms with E-state index in [1.807, 2.05) is 20.8 Å². The molecule has 0 fully saturated rings. The molecule has 2 nitrogen and oxygen atoms in total. The van der Waals surface area contributed by atoms with Gasteiger partial charge < -0.3 is 10.5 Å². The second-order valence-electron chi connectivity index (χ2n) is 0.575. The van der Waals surface area contributed by atoms with Gasteiger partial charge in [0.2, 0.25) is 0 Å². The highest BCUT2D eigenvalue weighted by Crippen LogP contribution is 1.53. The molecule has 0 aromatic rings. The molecule has 0 aromatic carbocycles. The van der Waals surface area contributed by atoms with Crippen LogP contribution in [0.4, 0.5) is 0 Å². The molecule has 0 heterocycles. The summed E-state index contributed by atoms with van der Waals surface area (Å²) in [6.07, 6.45) is 1.51. The summed E-state index contributed by atoms with van der Waals surface area (Å²) in [7, 11) is 1.50. The van der Waals surface area contributed by atoms with Gasteiger partial charge in [-0.1, -0.05) is 20.8 Å². The standard InChI is InChI=1S/C3H6O.C2H6.CH5N/c1-2-3-4;2*1-2/h3H,2H2,1H3;1-2H3;2H2,1H3. The van der Waals surface area contributed by atoms with E-state index in [1.165, 1.54) is 7.05 Å². The summed E-state index contributed by atoms with van der Waals surface area (Å²) in [5.41, 5.74) is 4.50. The van der Waals surface area contributed by atoms with E-state index in [9.17, 15) is 4.79 Å². The van der Waals surface area contributed by atoms with E-state index in [0.29, 0.717) is 6.42 Å². The van der Waals surface area contributed by atoms with Crippen molar-refractivity contribution in [1.82, 2.24) is 0 Å². The Hall–Kier alpha value is -0.370. The third-order valence-electron chi connectivity index (χ3n) is 0.167. The fourth-order valence-corrected chi connectivity index (χ4v) is 0. The molecule has 0 aliphatic carbocycles. The Balaban J connectivity index is -0.0000000542. The number of carbonyl (C=O) groups is 1. The first-order valence-electron chi connectivity index (χ1n) is 2.93. The first-order valence-corrected chi connectivity index (χ1v) is 2.93. The third kappa shape index (κ3) is 304. The molecule has 0 bridgehead atoms. The topological polar surface area (TPSA) is 43.1 Å². The van der Waals surface area contributed by atoms with Crippen LogP contribution in [0, 0.1) is 0 Å². The SMILES string of the molecule is CC.CCC=O.CN. The van der Waals surface area contributed by atoms with Crippen molar-refractivity contribution in [3.05, 3.63) is 0 Å². The Bertz CT molecular complexity index is 22.5. The van der Waals surface area contributed by atoms with Gasteiger partial charge in [-0.15, -0.1) is 0 Å². The maximum absolute atomic E-state index is 9.17. The lowest BCUT2D eigenvalue weighted by atomic mass is 10.6. The van der Waals surface area contributed by atoms with Crippen LogP contribution in [0.25, 0.3) is 0 Å². The average Bonchev–Trinajstić information content (AvgIpc) is 1.96. The fraction of sp³-hybridized carbons (Fsp3) is 0.833. The molecule has 0 saturated heterocycles. The predicted octanol–water partition coefficient (Wildman–Crippen LogP) is 1.20. The highest BCUT2D eigenvalue weighted by Gasteiger charge is 1.52. The van der Waals surface area contributed by atoms with Crippen LogP contribution >= 0.6 is 0 Å². The Labute approximate surface area is 52.1 Å². The Morgan fingerprint density at radius 1 is 1.38 bits per heavy atom. The van der Waals surface area contributed by atoms with E-state index in [-0.39, 0.29) is 0 Å². The lowest BCUT2D eigenvalue weighted by molar-refractivity contribution is -0.107. The molecule has 0 aromatic heterocycles. The summed E-state index contributed by atoms with van der Waals surface area (Å²) in [5.74, 6) is 0. The number of rotatable bonds is 1. The van der Waals surface area contributed by atoms with E-state index >= 15 is 0 Å². The van der Waals surface area contributed by atoms with Crippen LogP contribution in [0.15, 0.2) is 0 Å². The van der Waals surface area contributed by atoms with Crippen molar-refractivity contribution in [3.63, 3.8) is 0 Å². The summed E-state index contributed by atoms with van der Waals surface area (Å²) < 4.78 is 0. The van der Waals surface area contributed by atoms with Crippen LogP contribution in [-0.2, 0) is 4.79 Å². The molecular weight excluding hydrogens is 102 g/mol. The predicted molar refractivity (Wildman–Crippen MR) is 37.8 cm³/mol.